The minimum Gasteiger partial charge on any atom is -0.493 e. The van der Waals surface area contributed by atoms with Crippen LogP contribution in [0.25, 0.3) is 0 Å². The summed E-state index contributed by atoms with van der Waals surface area (Å²) >= 11 is 0. The molecule has 3 heterocycles. The number of nitrogens with zero attached hydrogens (tertiary/aromatic N) is 3. The van der Waals surface area contributed by atoms with Gasteiger partial charge in [0.25, 0.3) is 0 Å². The Morgan fingerprint density at radius 3 is 2.64 bits per heavy atom. The molecule has 2 aliphatic heterocycles. The summed E-state index contributed by atoms with van der Waals surface area (Å²) in [5.41, 5.74) is 1.22. The standard InChI is InChI=1S/C23H33F3N4O3/c24-23(25,26)20(31)15-21(32)28-17-3-1-16(2-4-17)6-9-29-10-12-30(13-11-29)22-18-7-14-33-19(18)5-8-27-22/h5,8,16-17,20,31H,1-4,6-7,9-15H2,(H,28,32)/t16?,17?,20-/m1/s1. The third-order valence-electron chi connectivity index (χ3n) is 7.09. The number of halogens is 3. The average molecular weight is 471 g/mol. The number of rotatable bonds is 7. The molecule has 10 heteroatoms. The molecule has 184 valence electrons. The van der Waals surface area contributed by atoms with Crippen molar-refractivity contribution in [3.05, 3.63) is 17.8 Å². The number of piperazine rings is 1. The Labute approximate surface area is 192 Å². The first-order chi connectivity index (χ1) is 15.8. The van der Waals surface area contributed by atoms with Crippen molar-refractivity contribution in [1.82, 2.24) is 15.2 Å². The Hall–Kier alpha value is -2.07. The smallest absolute Gasteiger partial charge is 0.414 e. The second kappa shape index (κ2) is 10.5. The topological polar surface area (TPSA) is 77.9 Å². The van der Waals surface area contributed by atoms with Crippen LogP contribution in [0, 0.1) is 5.92 Å². The van der Waals surface area contributed by atoms with Crippen LogP contribution in [0.4, 0.5) is 19.0 Å². The SMILES string of the molecule is O=C(C[C@@H](O)C(F)(F)F)NC1CCC(CCN2CCN(c3nccc4c3CCO4)CC2)CC1. The number of aliphatic hydroxyl groups is 1. The molecule has 0 bridgehead atoms. The summed E-state index contributed by atoms with van der Waals surface area (Å²) in [5.74, 6) is 1.87. The molecule has 2 fully saturated rings. The van der Waals surface area contributed by atoms with Gasteiger partial charge < -0.3 is 20.1 Å². The van der Waals surface area contributed by atoms with Gasteiger partial charge in [0.1, 0.15) is 11.6 Å². The first kappa shape index (κ1) is 24.1. The van der Waals surface area contributed by atoms with E-state index in [1.54, 1.807) is 0 Å². The number of nitrogens with one attached hydrogen (secondary N) is 1. The highest BCUT2D eigenvalue weighted by Gasteiger charge is 2.39. The lowest BCUT2D eigenvalue weighted by atomic mass is 9.84. The summed E-state index contributed by atoms with van der Waals surface area (Å²) in [6, 6.07) is 1.84. The van der Waals surface area contributed by atoms with E-state index in [0.717, 1.165) is 89.4 Å². The van der Waals surface area contributed by atoms with E-state index >= 15 is 0 Å². The quantitative estimate of drug-likeness (QED) is 0.638. The fraction of sp³-hybridized carbons (Fsp3) is 0.739. The Balaban J connectivity index is 1.13. The molecule has 4 rings (SSSR count). The molecular weight excluding hydrogens is 437 g/mol. The molecular formula is C23H33F3N4O3. The maximum atomic E-state index is 12.4. The molecule has 0 spiro atoms. The number of ether oxygens (including phenoxy) is 1. The highest BCUT2D eigenvalue weighted by Crippen LogP contribution is 2.33. The van der Waals surface area contributed by atoms with Gasteiger partial charge in [-0.25, -0.2) is 4.98 Å². The van der Waals surface area contributed by atoms with Gasteiger partial charge in [-0.3, -0.25) is 9.69 Å². The predicted molar refractivity (Wildman–Crippen MR) is 117 cm³/mol. The molecule has 1 aromatic heterocycles. The Bertz CT molecular complexity index is 807. The molecule has 2 N–H and O–H groups in total. The van der Waals surface area contributed by atoms with Crippen LogP contribution in [0.1, 0.15) is 44.1 Å². The zero-order valence-electron chi connectivity index (χ0n) is 18.8. The molecule has 1 atom stereocenters. The number of aromatic nitrogens is 1. The summed E-state index contributed by atoms with van der Waals surface area (Å²) < 4.78 is 42.8. The Morgan fingerprint density at radius 2 is 1.94 bits per heavy atom. The van der Waals surface area contributed by atoms with E-state index in [9.17, 15) is 18.0 Å². The molecule has 3 aliphatic rings. The van der Waals surface area contributed by atoms with E-state index in [-0.39, 0.29) is 6.04 Å². The molecule has 1 amide bonds. The lowest BCUT2D eigenvalue weighted by molar-refractivity contribution is -0.206. The van der Waals surface area contributed by atoms with Crippen LogP contribution >= 0.6 is 0 Å². The zero-order valence-corrected chi connectivity index (χ0v) is 18.8. The van der Waals surface area contributed by atoms with E-state index < -0.39 is 24.6 Å². The van der Waals surface area contributed by atoms with Crippen molar-refractivity contribution in [1.29, 1.82) is 0 Å². The van der Waals surface area contributed by atoms with E-state index in [4.69, 9.17) is 9.84 Å². The molecule has 33 heavy (non-hydrogen) atoms. The van der Waals surface area contributed by atoms with Gasteiger partial charge in [-0.05, 0) is 50.6 Å². The van der Waals surface area contributed by atoms with Crippen molar-refractivity contribution in [2.45, 2.75) is 63.3 Å². The number of carbonyl (C=O) groups is 1. The Kier molecular flexibility index (Phi) is 7.63. The first-order valence-electron chi connectivity index (χ1n) is 11.9. The minimum atomic E-state index is -4.76. The number of aliphatic hydroxyl groups excluding tert-OH is 1. The summed E-state index contributed by atoms with van der Waals surface area (Å²) in [7, 11) is 0. The highest BCUT2D eigenvalue weighted by atomic mass is 19.4. The fourth-order valence-electron chi connectivity index (χ4n) is 5.09. The molecule has 0 aromatic carbocycles. The van der Waals surface area contributed by atoms with Crippen LogP contribution in [0.3, 0.4) is 0 Å². The van der Waals surface area contributed by atoms with Crippen molar-refractivity contribution in [3.63, 3.8) is 0 Å². The summed E-state index contributed by atoms with van der Waals surface area (Å²) in [6.45, 7) is 5.67. The van der Waals surface area contributed by atoms with Crippen molar-refractivity contribution in [2.24, 2.45) is 5.92 Å². The molecule has 1 aliphatic carbocycles. The second-order valence-electron chi connectivity index (χ2n) is 9.37. The number of hydrogen-bond acceptors (Lipinski definition) is 6. The van der Waals surface area contributed by atoms with Crippen LogP contribution < -0.4 is 15.0 Å². The van der Waals surface area contributed by atoms with Crippen LogP contribution in [-0.2, 0) is 11.2 Å². The van der Waals surface area contributed by atoms with Gasteiger partial charge in [0.2, 0.25) is 5.91 Å². The summed E-state index contributed by atoms with van der Waals surface area (Å²) in [4.78, 5) is 21.2. The van der Waals surface area contributed by atoms with E-state index in [1.807, 2.05) is 12.3 Å². The minimum absolute atomic E-state index is 0.0955. The number of amides is 1. The first-order valence-corrected chi connectivity index (χ1v) is 11.9. The third kappa shape index (κ3) is 6.29. The number of pyridine rings is 1. The number of alkyl halides is 3. The van der Waals surface area contributed by atoms with Crippen molar-refractivity contribution in [3.8, 4) is 5.75 Å². The van der Waals surface area contributed by atoms with Gasteiger partial charge in [0.15, 0.2) is 6.10 Å². The van der Waals surface area contributed by atoms with Crippen molar-refractivity contribution in [2.75, 3.05) is 44.2 Å². The van der Waals surface area contributed by atoms with Crippen LogP contribution in [0.2, 0.25) is 0 Å². The van der Waals surface area contributed by atoms with Crippen LogP contribution in [0.15, 0.2) is 12.3 Å². The molecule has 1 saturated heterocycles. The maximum absolute atomic E-state index is 12.4. The van der Waals surface area contributed by atoms with Gasteiger partial charge in [-0.15, -0.1) is 0 Å². The number of carbonyl (C=O) groups excluding carboxylic acids is 1. The highest BCUT2D eigenvalue weighted by molar-refractivity contribution is 5.76. The number of anilines is 1. The van der Waals surface area contributed by atoms with E-state index in [0.29, 0.717) is 5.92 Å². The molecule has 7 nitrogen and oxygen atoms in total. The average Bonchev–Trinajstić information content (AvgIpc) is 3.27. The summed E-state index contributed by atoms with van der Waals surface area (Å²) in [5, 5.41) is 11.7. The zero-order chi connectivity index (χ0) is 23.4. The number of hydrogen-bond donors (Lipinski definition) is 2. The molecule has 1 aromatic rings. The molecule has 0 radical (unpaired) electrons. The largest absolute Gasteiger partial charge is 0.493 e. The van der Waals surface area contributed by atoms with Gasteiger partial charge in [0.05, 0.1) is 13.0 Å². The lowest BCUT2D eigenvalue weighted by Gasteiger charge is -2.37. The van der Waals surface area contributed by atoms with E-state index in [1.165, 1.54) is 5.56 Å². The van der Waals surface area contributed by atoms with Crippen LogP contribution in [0.5, 0.6) is 5.75 Å². The van der Waals surface area contributed by atoms with E-state index in [2.05, 4.69) is 20.1 Å². The van der Waals surface area contributed by atoms with Gasteiger partial charge in [0, 0.05) is 50.4 Å². The lowest BCUT2D eigenvalue weighted by Crippen LogP contribution is -2.47. The van der Waals surface area contributed by atoms with Crippen molar-refractivity contribution < 1.29 is 27.8 Å². The second-order valence-corrected chi connectivity index (χ2v) is 9.37. The Morgan fingerprint density at radius 1 is 1.21 bits per heavy atom. The summed E-state index contributed by atoms with van der Waals surface area (Å²) in [6.07, 6.45) is -0.955. The monoisotopic (exact) mass is 470 g/mol. The molecule has 1 saturated carbocycles. The van der Waals surface area contributed by atoms with Crippen LogP contribution in [-0.4, -0.2) is 78.6 Å². The van der Waals surface area contributed by atoms with Gasteiger partial charge in [-0.1, -0.05) is 0 Å². The predicted octanol–water partition coefficient (Wildman–Crippen LogP) is 2.52. The maximum Gasteiger partial charge on any atom is 0.414 e. The van der Waals surface area contributed by atoms with Gasteiger partial charge >= 0.3 is 6.18 Å². The molecule has 0 unspecified atom stereocenters. The number of fused-ring (bicyclic) bond motifs is 1. The normalized spacial score (nSPS) is 24.8. The third-order valence-corrected chi connectivity index (χ3v) is 7.09. The fourth-order valence-corrected chi connectivity index (χ4v) is 5.09. The van der Waals surface area contributed by atoms with Gasteiger partial charge in [-0.2, -0.15) is 13.2 Å². The van der Waals surface area contributed by atoms with Crippen molar-refractivity contribution >= 4 is 11.7 Å².